The fourth-order valence-corrected chi connectivity index (χ4v) is 3.04. The Labute approximate surface area is 160 Å². The van der Waals surface area contributed by atoms with Gasteiger partial charge in [-0.3, -0.25) is 4.79 Å². The molecule has 1 aliphatic rings. The van der Waals surface area contributed by atoms with E-state index >= 15 is 0 Å². The molecule has 0 bridgehead atoms. The van der Waals surface area contributed by atoms with Crippen LogP contribution in [-0.4, -0.2) is 47.0 Å². The molecule has 1 aliphatic carbocycles. The normalized spacial score (nSPS) is 18.3. The fraction of sp³-hybridized carbons (Fsp3) is 0.778. The minimum atomic E-state index is -0.896. The molecule has 154 valence electrons. The van der Waals surface area contributed by atoms with Gasteiger partial charge in [0, 0.05) is 0 Å². The van der Waals surface area contributed by atoms with E-state index in [4.69, 9.17) is 10.5 Å². The van der Waals surface area contributed by atoms with E-state index in [0.717, 1.165) is 32.1 Å². The molecule has 0 radical (unpaired) electrons. The third kappa shape index (κ3) is 9.93. The first-order valence-corrected chi connectivity index (χ1v) is 9.34. The number of nitrogens with two attached hydrogens (primary N) is 1. The van der Waals surface area contributed by atoms with Crippen LogP contribution in [0.2, 0.25) is 0 Å². The van der Waals surface area contributed by atoms with Crippen LogP contribution >= 0.6 is 0 Å². The standard InChI is InChI=1S/C18H32N4O5/c1-18(2,3)27-16(21-22-17(19)26)9-13(11-23)20-15(25)10-14(24)12-7-5-4-6-8-12/h11-14,24H,4-10H2,1-3H3,(H,20,25)(H3,19,22,26)/t13-,14?/m0/s1. The van der Waals surface area contributed by atoms with E-state index in [2.05, 4.69) is 15.8 Å². The topological polar surface area (TPSA) is 143 Å². The van der Waals surface area contributed by atoms with Crippen molar-refractivity contribution >= 4 is 24.1 Å². The largest absolute Gasteiger partial charge is 0.474 e. The van der Waals surface area contributed by atoms with Crippen molar-refractivity contribution in [1.82, 2.24) is 10.7 Å². The number of aliphatic hydroxyl groups is 1. The number of nitrogens with one attached hydrogen (secondary N) is 2. The van der Waals surface area contributed by atoms with Gasteiger partial charge in [-0.25, -0.2) is 10.2 Å². The Morgan fingerprint density at radius 1 is 1.26 bits per heavy atom. The zero-order valence-electron chi connectivity index (χ0n) is 16.4. The van der Waals surface area contributed by atoms with Gasteiger partial charge < -0.3 is 25.7 Å². The monoisotopic (exact) mass is 384 g/mol. The first kappa shape index (κ1) is 22.9. The highest BCUT2D eigenvalue weighted by atomic mass is 16.5. The number of amides is 3. The Morgan fingerprint density at radius 2 is 1.89 bits per heavy atom. The summed E-state index contributed by atoms with van der Waals surface area (Å²) in [5.74, 6) is -0.227. The summed E-state index contributed by atoms with van der Waals surface area (Å²) in [6, 6.07) is -1.76. The molecule has 5 N–H and O–H groups in total. The molecule has 1 unspecified atom stereocenters. The molecule has 27 heavy (non-hydrogen) atoms. The Bertz CT molecular complexity index is 538. The first-order chi connectivity index (χ1) is 12.6. The fourth-order valence-electron chi connectivity index (χ4n) is 3.04. The second-order valence-electron chi connectivity index (χ2n) is 7.88. The van der Waals surface area contributed by atoms with Gasteiger partial charge in [-0.1, -0.05) is 19.3 Å². The van der Waals surface area contributed by atoms with Crippen molar-refractivity contribution in [2.24, 2.45) is 16.8 Å². The van der Waals surface area contributed by atoms with Gasteiger partial charge in [0.25, 0.3) is 0 Å². The molecule has 0 aromatic carbocycles. The molecule has 0 saturated heterocycles. The number of ether oxygens (including phenoxy) is 1. The predicted octanol–water partition coefficient (Wildman–Crippen LogP) is 1.19. The van der Waals surface area contributed by atoms with E-state index < -0.39 is 29.7 Å². The van der Waals surface area contributed by atoms with Gasteiger partial charge in [0.2, 0.25) is 11.8 Å². The molecule has 0 aliphatic heterocycles. The van der Waals surface area contributed by atoms with Crippen molar-refractivity contribution in [3.63, 3.8) is 0 Å². The van der Waals surface area contributed by atoms with E-state index in [1.54, 1.807) is 20.8 Å². The van der Waals surface area contributed by atoms with E-state index in [1.165, 1.54) is 0 Å². The van der Waals surface area contributed by atoms with Crippen LogP contribution in [0.25, 0.3) is 0 Å². The molecule has 9 heteroatoms. The Hall–Kier alpha value is -2.16. The molecule has 0 spiro atoms. The van der Waals surface area contributed by atoms with Crippen LogP contribution in [0.5, 0.6) is 0 Å². The van der Waals surface area contributed by atoms with Crippen LogP contribution < -0.4 is 16.5 Å². The summed E-state index contributed by atoms with van der Waals surface area (Å²) in [5, 5.41) is 16.6. The summed E-state index contributed by atoms with van der Waals surface area (Å²) in [6.45, 7) is 5.34. The van der Waals surface area contributed by atoms with Crippen LogP contribution in [0.1, 0.15) is 65.7 Å². The third-order valence-electron chi connectivity index (χ3n) is 4.21. The SMILES string of the molecule is CC(C)(C)OC(C[C@@H](C=O)NC(=O)CC(O)C1CCCCC1)=NNC(N)=O. The molecule has 0 heterocycles. The lowest BCUT2D eigenvalue weighted by Crippen LogP contribution is -2.41. The number of primary amides is 1. The van der Waals surface area contributed by atoms with Crippen LogP contribution in [0.4, 0.5) is 4.79 Å². The average Bonchev–Trinajstić information content (AvgIpc) is 2.58. The number of aldehydes is 1. The number of hydrogen-bond acceptors (Lipinski definition) is 6. The molecular formula is C18H32N4O5. The van der Waals surface area contributed by atoms with Crippen molar-refractivity contribution in [2.45, 2.75) is 83.5 Å². The number of rotatable bonds is 8. The van der Waals surface area contributed by atoms with E-state index in [9.17, 15) is 19.5 Å². The highest BCUT2D eigenvalue weighted by molar-refractivity contribution is 5.85. The van der Waals surface area contributed by atoms with Gasteiger partial charge in [-0.15, -0.1) is 5.10 Å². The third-order valence-corrected chi connectivity index (χ3v) is 4.21. The van der Waals surface area contributed by atoms with Gasteiger partial charge in [0.15, 0.2) is 0 Å². The van der Waals surface area contributed by atoms with Crippen molar-refractivity contribution in [3.05, 3.63) is 0 Å². The minimum absolute atomic E-state index is 0.0493. The van der Waals surface area contributed by atoms with Crippen LogP contribution in [-0.2, 0) is 14.3 Å². The molecule has 1 fully saturated rings. The number of hydrogen-bond donors (Lipinski definition) is 4. The van der Waals surface area contributed by atoms with Gasteiger partial charge >= 0.3 is 6.03 Å². The smallest absolute Gasteiger partial charge is 0.332 e. The maximum atomic E-state index is 12.2. The Morgan fingerprint density at radius 3 is 2.41 bits per heavy atom. The number of carbonyl (C=O) groups excluding carboxylic acids is 3. The summed E-state index contributed by atoms with van der Waals surface area (Å²) in [7, 11) is 0. The van der Waals surface area contributed by atoms with Crippen LogP contribution in [0, 0.1) is 5.92 Å². The lowest BCUT2D eigenvalue weighted by atomic mass is 9.84. The number of hydrazone groups is 1. The van der Waals surface area contributed by atoms with Crippen LogP contribution in [0.3, 0.4) is 0 Å². The quantitative estimate of drug-likeness (QED) is 0.215. The lowest BCUT2D eigenvalue weighted by molar-refractivity contribution is -0.126. The van der Waals surface area contributed by atoms with Gasteiger partial charge in [0.1, 0.15) is 11.9 Å². The second-order valence-corrected chi connectivity index (χ2v) is 7.88. The zero-order valence-corrected chi connectivity index (χ0v) is 16.4. The molecular weight excluding hydrogens is 352 g/mol. The summed E-state index contributed by atoms with van der Waals surface area (Å²) in [5.41, 5.74) is 6.44. The maximum absolute atomic E-state index is 12.2. The van der Waals surface area contributed by atoms with Crippen molar-refractivity contribution in [3.8, 4) is 0 Å². The highest BCUT2D eigenvalue weighted by Crippen LogP contribution is 2.27. The molecule has 0 aromatic rings. The maximum Gasteiger partial charge on any atom is 0.332 e. The first-order valence-electron chi connectivity index (χ1n) is 9.34. The Balaban J connectivity index is 2.62. The van der Waals surface area contributed by atoms with Gasteiger partial charge in [-0.2, -0.15) is 0 Å². The van der Waals surface area contributed by atoms with Crippen molar-refractivity contribution in [2.75, 3.05) is 0 Å². The number of nitrogens with zero attached hydrogens (tertiary/aromatic N) is 1. The highest BCUT2D eigenvalue weighted by Gasteiger charge is 2.26. The molecule has 2 atom stereocenters. The molecule has 3 amide bonds. The lowest BCUT2D eigenvalue weighted by Gasteiger charge is -2.27. The zero-order chi connectivity index (χ0) is 20.4. The Kier molecular flexibility index (Phi) is 9.20. The number of urea groups is 1. The van der Waals surface area contributed by atoms with E-state index in [0.29, 0.717) is 6.29 Å². The molecule has 1 saturated carbocycles. The van der Waals surface area contributed by atoms with Gasteiger partial charge in [0.05, 0.1) is 25.0 Å². The summed E-state index contributed by atoms with van der Waals surface area (Å²) in [6.07, 6.45) is 4.88. The number of aliphatic hydroxyl groups excluding tert-OH is 1. The second kappa shape index (κ2) is 10.9. The van der Waals surface area contributed by atoms with Crippen molar-refractivity contribution < 1.29 is 24.2 Å². The predicted molar refractivity (Wildman–Crippen MR) is 101 cm³/mol. The molecule has 0 aromatic heterocycles. The minimum Gasteiger partial charge on any atom is -0.474 e. The molecule has 1 rings (SSSR count). The van der Waals surface area contributed by atoms with E-state index in [-0.39, 0.29) is 24.7 Å². The van der Waals surface area contributed by atoms with Crippen molar-refractivity contribution in [1.29, 1.82) is 0 Å². The van der Waals surface area contributed by atoms with E-state index in [1.807, 2.05) is 0 Å². The van der Waals surface area contributed by atoms with Crippen LogP contribution in [0.15, 0.2) is 5.10 Å². The average molecular weight is 384 g/mol. The number of carbonyl (C=O) groups is 3. The summed E-state index contributed by atoms with van der Waals surface area (Å²) >= 11 is 0. The summed E-state index contributed by atoms with van der Waals surface area (Å²) in [4.78, 5) is 34.4. The molecule has 9 nitrogen and oxygen atoms in total. The van der Waals surface area contributed by atoms with Gasteiger partial charge in [-0.05, 0) is 39.5 Å². The summed E-state index contributed by atoms with van der Waals surface area (Å²) < 4.78 is 5.60.